The molecule has 5 aromatic rings. The summed E-state index contributed by atoms with van der Waals surface area (Å²) in [6.45, 7) is 0.168. The number of benzene rings is 5. The van der Waals surface area contributed by atoms with Gasteiger partial charge in [0, 0.05) is 62.4 Å². The van der Waals surface area contributed by atoms with Crippen molar-refractivity contribution in [2.75, 3.05) is 47.8 Å². The van der Waals surface area contributed by atoms with E-state index in [0.717, 1.165) is 0 Å². The number of anilines is 8. The van der Waals surface area contributed by atoms with Crippen molar-refractivity contribution in [1.29, 1.82) is 0 Å². The Balaban J connectivity index is 1.50. The van der Waals surface area contributed by atoms with E-state index in [1.54, 1.807) is 0 Å². The van der Waals surface area contributed by atoms with Crippen LogP contribution in [-0.2, 0) is 0 Å². The maximum absolute atomic E-state index is 2.46. The van der Waals surface area contributed by atoms with E-state index in [0.29, 0.717) is 0 Å². The number of rotatable bonds is 0. The topological polar surface area (TPSA) is 13.0 Å². The van der Waals surface area contributed by atoms with Crippen molar-refractivity contribution < 1.29 is 0 Å². The third-order valence-corrected chi connectivity index (χ3v) is 9.82. The van der Waals surface area contributed by atoms with Crippen LogP contribution in [0.3, 0.4) is 0 Å². The van der Waals surface area contributed by atoms with Crippen LogP contribution in [0.2, 0.25) is 0 Å². The minimum Gasteiger partial charge on any atom is -0.344 e. The molecule has 0 fully saturated rings. The second-order valence-electron chi connectivity index (χ2n) is 11.6. The Morgan fingerprint density at radius 1 is 0.450 bits per heavy atom. The lowest BCUT2D eigenvalue weighted by molar-refractivity contribution is 0.887. The zero-order chi connectivity index (χ0) is 26.9. The highest BCUT2D eigenvalue weighted by Gasteiger charge is 2.49. The van der Waals surface area contributed by atoms with Crippen LogP contribution < -0.4 is 36.0 Å². The van der Waals surface area contributed by atoms with E-state index in [2.05, 4.69) is 145 Å². The van der Waals surface area contributed by atoms with Crippen LogP contribution in [0.4, 0.5) is 45.5 Å². The van der Waals surface area contributed by atoms with Crippen molar-refractivity contribution in [3.8, 4) is 0 Å². The molecule has 0 saturated heterocycles. The average Bonchev–Trinajstić information content (AvgIpc) is 3.00. The van der Waals surface area contributed by atoms with Gasteiger partial charge in [0.1, 0.15) is 0 Å². The predicted molar refractivity (Wildman–Crippen MR) is 170 cm³/mol. The van der Waals surface area contributed by atoms with Gasteiger partial charge in [-0.15, -0.1) is 0 Å². The minimum atomic E-state index is 0.168. The van der Waals surface area contributed by atoms with Gasteiger partial charge in [-0.1, -0.05) is 72.8 Å². The molecule has 0 bridgehead atoms. The van der Waals surface area contributed by atoms with Gasteiger partial charge in [-0.2, -0.15) is 0 Å². The molecule has 0 unspecified atom stereocenters. The molecule has 0 amide bonds. The minimum absolute atomic E-state index is 0.168. The van der Waals surface area contributed by atoms with Gasteiger partial charge >= 0.3 is 0 Å². The van der Waals surface area contributed by atoms with Crippen molar-refractivity contribution in [3.63, 3.8) is 0 Å². The van der Waals surface area contributed by atoms with E-state index in [1.165, 1.54) is 78.6 Å². The number of hydrogen-bond donors (Lipinski definition) is 0. The van der Waals surface area contributed by atoms with Gasteiger partial charge in [-0.05, 0) is 51.8 Å². The molecule has 0 saturated carbocycles. The third kappa shape index (κ3) is 2.45. The first kappa shape index (κ1) is 22.2. The van der Waals surface area contributed by atoms with E-state index in [-0.39, 0.29) is 12.6 Å². The van der Waals surface area contributed by atoms with Crippen molar-refractivity contribution >= 4 is 68.6 Å². The van der Waals surface area contributed by atoms with Crippen LogP contribution in [0.15, 0.2) is 97.1 Å². The van der Waals surface area contributed by atoms with E-state index < -0.39 is 0 Å². The lowest BCUT2D eigenvalue weighted by Crippen LogP contribution is -2.62. The van der Waals surface area contributed by atoms with Crippen LogP contribution in [0.5, 0.6) is 0 Å². The first-order valence-corrected chi connectivity index (χ1v) is 14.1. The van der Waals surface area contributed by atoms with Gasteiger partial charge in [0.25, 0.3) is 6.71 Å². The molecule has 0 N–H and O–H groups in total. The normalized spacial score (nSPS) is 15.7. The van der Waals surface area contributed by atoms with E-state index in [4.69, 9.17) is 0 Å². The van der Waals surface area contributed by atoms with Crippen molar-refractivity contribution in [2.24, 2.45) is 0 Å². The maximum atomic E-state index is 2.46. The Morgan fingerprint density at radius 3 is 1.30 bits per heavy atom. The molecule has 0 radical (unpaired) electrons. The fourth-order valence-corrected chi connectivity index (χ4v) is 8.23. The summed E-state index contributed by atoms with van der Waals surface area (Å²) in [5, 5.41) is 0. The van der Waals surface area contributed by atoms with Crippen molar-refractivity contribution in [1.82, 2.24) is 0 Å². The first-order valence-electron chi connectivity index (χ1n) is 14.1. The Hall–Kier alpha value is -4.64. The maximum Gasteiger partial charge on any atom is 0.252 e. The van der Waals surface area contributed by atoms with Gasteiger partial charge < -0.3 is 19.6 Å². The SMILES string of the molecule is CN1c2ccccc2B2c3ccccc3N(C)c3c2c1c1c2c3N(C)c3ccccc3C2c2ccccc2N1C. The molecule has 0 atom stereocenters. The van der Waals surface area contributed by atoms with Crippen LogP contribution in [0, 0.1) is 0 Å². The quantitative estimate of drug-likeness (QED) is 0.245. The molecule has 40 heavy (non-hydrogen) atoms. The number of hydrogen-bond acceptors (Lipinski definition) is 4. The second kappa shape index (κ2) is 7.51. The summed E-state index contributed by atoms with van der Waals surface area (Å²) in [6, 6.07) is 36.0. The molecular weight excluding hydrogens is 487 g/mol. The molecule has 5 heteroatoms. The Bertz CT molecular complexity index is 1640. The lowest BCUT2D eigenvalue weighted by Gasteiger charge is -2.51. The summed E-state index contributed by atoms with van der Waals surface area (Å²) in [5.74, 6) is 0.168. The molecule has 4 nitrogen and oxygen atoms in total. The Morgan fingerprint density at radius 2 is 0.825 bits per heavy atom. The molecule has 0 aliphatic carbocycles. The third-order valence-electron chi connectivity index (χ3n) is 9.82. The van der Waals surface area contributed by atoms with Gasteiger partial charge in [0.15, 0.2) is 0 Å². The van der Waals surface area contributed by atoms with Gasteiger partial charge in [-0.3, -0.25) is 0 Å². The van der Waals surface area contributed by atoms with Gasteiger partial charge in [0.2, 0.25) is 0 Å². The monoisotopic (exact) mass is 516 g/mol. The summed E-state index contributed by atoms with van der Waals surface area (Å²) in [7, 11) is 9.05. The van der Waals surface area contributed by atoms with E-state index in [9.17, 15) is 0 Å². The van der Waals surface area contributed by atoms with E-state index >= 15 is 0 Å². The second-order valence-corrected chi connectivity index (χ2v) is 11.6. The number of para-hydroxylation sites is 4. The fourth-order valence-electron chi connectivity index (χ4n) is 8.23. The largest absolute Gasteiger partial charge is 0.344 e. The summed E-state index contributed by atoms with van der Waals surface area (Å²) in [5.41, 5.74) is 18.8. The molecule has 0 aromatic heterocycles. The lowest BCUT2D eigenvalue weighted by atomic mass is 9.33. The van der Waals surface area contributed by atoms with Crippen LogP contribution in [0.1, 0.15) is 22.6 Å². The molecule has 0 spiro atoms. The smallest absolute Gasteiger partial charge is 0.252 e. The predicted octanol–water partition coefficient (Wildman–Crippen LogP) is 5.71. The molecule has 5 aromatic carbocycles. The number of nitrogens with zero attached hydrogens (tertiary/aromatic N) is 4. The Labute approximate surface area is 235 Å². The van der Waals surface area contributed by atoms with Gasteiger partial charge in [-0.25, -0.2) is 0 Å². The highest BCUT2D eigenvalue weighted by atomic mass is 15.2. The molecule has 4 heterocycles. The zero-order valence-corrected chi connectivity index (χ0v) is 23.2. The average molecular weight is 516 g/mol. The van der Waals surface area contributed by atoms with Gasteiger partial charge in [0.05, 0.1) is 22.7 Å². The molecule has 4 aliphatic rings. The van der Waals surface area contributed by atoms with Crippen LogP contribution >= 0.6 is 0 Å². The van der Waals surface area contributed by atoms with Crippen molar-refractivity contribution in [2.45, 2.75) is 5.92 Å². The van der Waals surface area contributed by atoms with Crippen LogP contribution in [-0.4, -0.2) is 34.9 Å². The molecular formula is C35H29BN4. The van der Waals surface area contributed by atoms with Crippen LogP contribution in [0.25, 0.3) is 0 Å². The molecule has 9 rings (SSSR count). The summed E-state index contributed by atoms with van der Waals surface area (Å²) < 4.78 is 0. The summed E-state index contributed by atoms with van der Waals surface area (Å²) in [4.78, 5) is 9.85. The summed E-state index contributed by atoms with van der Waals surface area (Å²) >= 11 is 0. The fraction of sp³-hybridized carbons (Fsp3) is 0.143. The first-order chi connectivity index (χ1) is 19.6. The zero-order valence-electron chi connectivity index (χ0n) is 23.2. The summed E-state index contributed by atoms with van der Waals surface area (Å²) in [6.07, 6.45) is 0. The van der Waals surface area contributed by atoms with Crippen molar-refractivity contribution in [3.05, 3.63) is 114 Å². The molecule has 192 valence electrons. The standard InChI is InChI=1S/C35H29BN4/c1-37-25-17-9-5-13-21(25)29-22-14-6-10-18-26(22)38(2)33-30(29)32(37)34-31-35(33)40(4)28-20-12-8-16-24(28)36(31)23-15-7-11-19-27(23)39(34)3/h5-20,29H,1-4H3. The highest BCUT2D eigenvalue weighted by molar-refractivity contribution is 7.00. The van der Waals surface area contributed by atoms with E-state index in [1.807, 2.05) is 0 Å². The molecule has 4 aliphatic heterocycles. The highest BCUT2D eigenvalue weighted by Crippen LogP contribution is 2.62. The number of fused-ring (bicyclic) bond motifs is 10. The Kier molecular flexibility index (Phi) is 4.17.